The van der Waals surface area contributed by atoms with E-state index in [1.807, 2.05) is 11.0 Å². The van der Waals surface area contributed by atoms with Crippen LogP contribution in [0.25, 0.3) is 0 Å². The van der Waals surface area contributed by atoms with Gasteiger partial charge in [-0.05, 0) is 0 Å². The summed E-state index contributed by atoms with van der Waals surface area (Å²) in [7, 11) is 0. The normalized spacial score (nSPS) is 24.8. The maximum Gasteiger partial charge on any atom is 0.235 e. The molecule has 0 aromatic carbocycles. The maximum atomic E-state index is 10.8. The Labute approximate surface area is 71.1 Å². The Kier molecular flexibility index (Phi) is 3.02. The molecule has 0 saturated carbocycles. The van der Waals surface area contributed by atoms with Crippen LogP contribution in [0.1, 0.15) is 0 Å². The van der Waals surface area contributed by atoms with Crippen LogP contribution >= 0.6 is 0 Å². The van der Waals surface area contributed by atoms with Crippen molar-refractivity contribution in [3.8, 4) is 6.07 Å². The molecule has 1 aliphatic rings. The van der Waals surface area contributed by atoms with Crippen LogP contribution in [0.15, 0.2) is 0 Å². The Balaban J connectivity index is 2.41. The molecule has 0 aliphatic carbocycles. The smallest absolute Gasteiger partial charge is 0.235 e. The van der Waals surface area contributed by atoms with E-state index in [1.54, 1.807) is 0 Å². The minimum absolute atomic E-state index is 0.299. The van der Waals surface area contributed by atoms with Crippen LogP contribution in [-0.2, 0) is 4.79 Å². The molecule has 66 valence electrons. The van der Waals surface area contributed by atoms with Crippen LogP contribution in [0.5, 0.6) is 0 Å². The fourth-order valence-electron chi connectivity index (χ4n) is 1.25. The van der Waals surface area contributed by atoms with Crippen LogP contribution in [-0.4, -0.2) is 43.0 Å². The number of nitrogens with one attached hydrogen (secondary N) is 1. The molecule has 0 bridgehead atoms. The van der Waals surface area contributed by atoms with E-state index in [0.29, 0.717) is 13.1 Å². The van der Waals surface area contributed by atoms with Crippen LogP contribution in [0.4, 0.5) is 0 Å². The van der Waals surface area contributed by atoms with Crippen LogP contribution in [0, 0.1) is 11.3 Å². The van der Waals surface area contributed by atoms with E-state index in [2.05, 4.69) is 5.32 Å². The van der Waals surface area contributed by atoms with Gasteiger partial charge >= 0.3 is 0 Å². The number of nitrogens with zero attached hydrogens (tertiary/aromatic N) is 2. The first-order valence-electron chi connectivity index (χ1n) is 3.86. The number of hydrogen-bond acceptors (Lipinski definition) is 4. The number of carbonyl (C=O) groups is 1. The van der Waals surface area contributed by atoms with E-state index in [1.165, 1.54) is 0 Å². The van der Waals surface area contributed by atoms with Crippen molar-refractivity contribution in [1.29, 1.82) is 5.26 Å². The molecule has 1 amide bonds. The molecule has 1 unspecified atom stereocenters. The van der Waals surface area contributed by atoms with Gasteiger partial charge in [-0.15, -0.1) is 0 Å². The lowest BCUT2D eigenvalue weighted by atomic mass is 10.2. The maximum absolute atomic E-state index is 10.8. The molecule has 1 fully saturated rings. The lowest BCUT2D eigenvalue weighted by molar-refractivity contribution is -0.121. The highest BCUT2D eigenvalue weighted by molar-refractivity contribution is 5.80. The highest BCUT2D eigenvalue weighted by Crippen LogP contribution is 1.97. The molecule has 1 heterocycles. The zero-order valence-corrected chi connectivity index (χ0v) is 6.79. The van der Waals surface area contributed by atoms with Crippen molar-refractivity contribution in [2.45, 2.75) is 6.04 Å². The lowest BCUT2D eigenvalue weighted by Gasteiger charge is -2.29. The first kappa shape index (κ1) is 8.97. The van der Waals surface area contributed by atoms with Crippen LogP contribution in [0.2, 0.25) is 0 Å². The molecule has 0 spiro atoms. The van der Waals surface area contributed by atoms with E-state index >= 15 is 0 Å². The Morgan fingerprint density at radius 3 is 3.17 bits per heavy atom. The van der Waals surface area contributed by atoms with Gasteiger partial charge in [-0.25, -0.2) is 0 Å². The van der Waals surface area contributed by atoms with Crippen molar-refractivity contribution in [3.63, 3.8) is 0 Å². The van der Waals surface area contributed by atoms with E-state index in [-0.39, 0.29) is 11.9 Å². The van der Waals surface area contributed by atoms with Crippen molar-refractivity contribution in [2.75, 3.05) is 26.2 Å². The van der Waals surface area contributed by atoms with Gasteiger partial charge in [0.05, 0.1) is 18.7 Å². The number of hydrogen-bond donors (Lipinski definition) is 2. The summed E-state index contributed by atoms with van der Waals surface area (Å²) in [4.78, 5) is 12.7. The minimum atomic E-state index is -0.349. The molecule has 5 nitrogen and oxygen atoms in total. The number of nitrogens with two attached hydrogens (primary N) is 1. The number of amides is 1. The van der Waals surface area contributed by atoms with E-state index in [0.717, 1.165) is 13.1 Å². The monoisotopic (exact) mass is 168 g/mol. The van der Waals surface area contributed by atoms with Crippen LogP contribution < -0.4 is 11.1 Å². The lowest BCUT2D eigenvalue weighted by Crippen LogP contribution is -2.56. The molecule has 0 radical (unpaired) electrons. The van der Waals surface area contributed by atoms with E-state index in [4.69, 9.17) is 11.0 Å². The van der Waals surface area contributed by atoms with E-state index in [9.17, 15) is 4.79 Å². The first-order valence-corrected chi connectivity index (χ1v) is 3.86. The van der Waals surface area contributed by atoms with Gasteiger partial charge in [-0.1, -0.05) is 0 Å². The summed E-state index contributed by atoms with van der Waals surface area (Å²) in [6.07, 6.45) is 0. The van der Waals surface area contributed by atoms with Gasteiger partial charge in [0, 0.05) is 19.6 Å². The predicted octanol–water partition coefficient (Wildman–Crippen LogP) is -1.73. The third-order valence-corrected chi connectivity index (χ3v) is 1.90. The molecule has 12 heavy (non-hydrogen) atoms. The van der Waals surface area contributed by atoms with Crippen molar-refractivity contribution in [1.82, 2.24) is 10.2 Å². The molecule has 5 heteroatoms. The summed E-state index contributed by atoms with van der Waals surface area (Å²) in [5.41, 5.74) is 5.11. The molecule has 0 aromatic rings. The molecule has 0 aromatic heterocycles. The highest BCUT2D eigenvalue weighted by atomic mass is 16.1. The Morgan fingerprint density at radius 1 is 1.83 bits per heavy atom. The zero-order chi connectivity index (χ0) is 8.97. The fourth-order valence-corrected chi connectivity index (χ4v) is 1.25. The van der Waals surface area contributed by atoms with Gasteiger partial charge in [0.1, 0.15) is 0 Å². The average molecular weight is 168 g/mol. The van der Waals surface area contributed by atoms with Gasteiger partial charge < -0.3 is 11.1 Å². The van der Waals surface area contributed by atoms with Gasteiger partial charge in [-0.3, -0.25) is 9.69 Å². The van der Waals surface area contributed by atoms with Crippen molar-refractivity contribution in [2.24, 2.45) is 5.73 Å². The van der Waals surface area contributed by atoms with Gasteiger partial charge in [0.15, 0.2) is 0 Å². The zero-order valence-electron chi connectivity index (χ0n) is 6.79. The second kappa shape index (κ2) is 4.04. The summed E-state index contributed by atoms with van der Waals surface area (Å²) in [6.45, 7) is 2.43. The molecular formula is C7H12N4O. The number of piperazine rings is 1. The Morgan fingerprint density at radius 2 is 2.58 bits per heavy atom. The summed E-state index contributed by atoms with van der Waals surface area (Å²) in [5.74, 6) is -0.349. The molecule has 1 atom stereocenters. The summed E-state index contributed by atoms with van der Waals surface area (Å²) >= 11 is 0. The minimum Gasteiger partial charge on any atom is -0.368 e. The summed E-state index contributed by atoms with van der Waals surface area (Å²) < 4.78 is 0. The average Bonchev–Trinajstić information content (AvgIpc) is 2.05. The number of rotatable bonds is 2. The SMILES string of the molecule is N#CCN1CCNC(C(N)=O)C1. The Hall–Kier alpha value is -1.12. The topological polar surface area (TPSA) is 82.2 Å². The standard InChI is InChI=1S/C7H12N4O/c8-1-3-11-4-2-10-6(5-11)7(9)12/h6,10H,2-5H2,(H2,9,12). The summed E-state index contributed by atoms with van der Waals surface area (Å²) in [6, 6.07) is 1.74. The second-order valence-corrected chi connectivity index (χ2v) is 2.80. The third kappa shape index (κ3) is 2.19. The molecule has 1 rings (SSSR count). The van der Waals surface area contributed by atoms with Gasteiger partial charge in [-0.2, -0.15) is 5.26 Å². The molecular weight excluding hydrogens is 156 g/mol. The third-order valence-electron chi connectivity index (χ3n) is 1.90. The summed E-state index contributed by atoms with van der Waals surface area (Å²) in [5, 5.41) is 11.4. The van der Waals surface area contributed by atoms with Gasteiger partial charge in [0.25, 0.3) is 0 Å². The second-order valence-electron chi connectivity index (χ2n) is 2.80. The molecule has 1 aliphatic heterocycles. The van der Waals surface area contributed by atoms with Crippen LogP contribution in [0.3, 0.4) is 0 Å². The number of carbonyl (C=O) groups excluding carboxylic acids is 1. The van der Waals surface area contributed by atoms with Gasteiger partial charge in [0.2, 0.25) is 5.91 Å². The largest absolute Gasteiger partial charge is 0.368 e. The molecule has 3 N–H and O–H groups in total. The first-order chi connectivity index (χ1) is 5.74. The fraction of sp³-hybridized carbons (Fsp3) is 0.714. The van der Waals surface area contributed by atoms with Crippen molar-refractivity contribution < 1.29 is 4.79 Å². The number of nitriles is 1. The quantitative estimate of drug-likeness (QED) is 0.480. The highest BCUT2D eigenvalue weighted by Gasteiger charge is 2.22. The van der Waals surface area contributed by atoms with E-state index < -0.39 is 0 Å². The Bertz CT molecular complexity index is 210. The van der Waals surface area contributed by atoms with Crippen molar-refractivity contribution in [3.05, 3.63) is 0 Å². The van der Waals surface area contributed by atoms with Crippen molar-refractivity contribution >= 4 is 5.91 Å². The number of primary amides is 1. The predicted molar refractivity (Wildman–Crippen MR) is 43.0 cm³/mol. The molecule has 1 saturated heterocycles.